The molecular weight excluding hydrogens is 510 g/mol. The largest absolute Gasteiger partial charge is 0.301 e. The number of nitrogens with zero attached hydrogens (tertiary/aromatic N) is 4. The number of halogens is 1. The van der Waals surface area contributed by atoms with Crippen LogP contribution < -0.4 is 5.32 Å². The maximum atomic E-state index is 12.7. The van der Waals surface area contributed by atoms with Crippen LogP contribution in [0.5, 0.6) is 0 Å². The van der Waals surface area contributed by atoms with Crippen LogP contribution in [0.1, 0.15) is 21.8 Å². The highest BCUT2D eigenvalue weighted by Gasteiger charge is 2.17. The number of thiazole rings is 1. The molecule has 2 heterocycles. The van der Waals surface area contributed by atoms with Gasteiger partial charge in [0.2, 0.25) is 5.91 Å². The summed E-state index contributed by atoms with van der Waals surface area (Å²) in [6.07, 6.45) is 3.18. The molecule has 0 unspecified atom stereocenters. The zero-order chi connectivity index (χ0) is 24.7. The Bertz CT molecular complexity index is 1440. The maximum absolute atomic E-state index is 12.7. The van der Waals surface area contributed by atoms with Crippen molar-refractivity contribution in [2.45, 2.75) is 18.0 Å². The van der Waals surface area contributed by atoms with E-state index in [-0.39, 0.29) is 11.7 Å². The van der Waals surface area contributed by atoms with Gasteiger partial charge in [0.15, 0.2) is 10.3 Å². The SMILES string of the molecule is O=C(CSc1nnc(Cc2ccccc2)n1-c1ccccc1)Nc1ncc(Cc2ccc(Cl)cc2)s1. The smallest absolute Gasteiger partial charge is 0.236 e. The van der Waals surface area contributed by atoms with Crippen LogP contribution in [-0.2, 0) is 17.6 Å². The first-order valence-electron chi connectivity index (χ1n) is 11.3. The predicted octanol–water partition coefficient (Wildman–Crippen LogP) is 6.29. The average molecular weight is 532 g/mol. The summed E-state index contributed by atoms with van der Waals surface area (Å²) < 4.78 is 2.01. The highest BCUT2D eigenvalue weighted by Crippen LogP contribution is 2.25. The Labute approximate surface area is 222 Å². The van der Waals surface area contributed by atoms with Gasteiger partial charge >= 0.3 is 0 Å². The molecule has 1 N–H and O–H groups in total. The highest BCUT2D eigenvalue weighted by atomic mass is 35.5. The van der Waals surface area contributed by atoms with Crippen molar-refractivity contribution in [2.75, 3.05) is 11.1 Å². The molecule has 36 heavy (non-hydrogen) atoms. The molecule has 0 atom stereocenters. The van der Waals surface area contributed by atoms with E-state index < -0.39 is 0 Å². The second-order valence-electron chi connectivity index (χ2n) is 8.00. The van der Waals surface area contributed by atoms with Crippen molar-refractivity contribution in [3.63, 3.8) is 0 Å². The van der Waals surface area contributed by atoms with Gasteiger partial charge < -0.3 is 5.32 Å². The van der Waals surface area contributed by atoms with Gasteiger partial charge in [-0.3, -0.25) is 9.36 Å². The van der Waals surface area contributed by atoms with E-state index in [1.807, 2.05) is 77.4 Å². The van der Waals surface area contributed by atoms with Crippen molar-refractivity contribution in [1.29, 1.82) is 0 Å². The molecule has 2 aromatic heterocycles. The number of hydrogen-bond donors (Lipinski definition) is 1. The summed E-state index contributed by atoms with van der Waals surface area (Å²) in [5.41, 5.74) is 3.25. The summed E-state index contributed by atoms with van der Waals surface area (Å²) in [6, 6.07) is 27.8. The number of anilines is 1. The van der Waals surface area contributed by atoms with Crippen molar-refractivity contribution in [1.82, 2.24) is 19.7 Å². The van der Waals surface area contributed by atoms with Gasteiger partial charge in [0.25, 0.3) is 0 Å². The molecule has 0 saturated heterocycles. The molecule has 0 bridgehead atoms. The number of rotatable bonds is 9. The summed E-state index contributed by atoms with van der Waals surface area (Å²) in [6.45, 7) is 0. The Morgan fingerprint density at radius 1 is 0.889 bits per heavy atom. The molecule has 0 aliphatic heterocycles. The van der Waals surface area contributed by atoms with Crippen molar-refractivity contribution < 1.29 is 4.79 Å². The predicted molar refractivity (Wildman–Crippen MR) is 146 cm³/mol. The molecule has 0 aliphatic rings. The average Bonchev–Trinajstić information content (AvgIpc) is 3.51. The molecule has 0 fully saturated rings. The molecular formula is C27H22ClN5OS2. The Morgan fingerprint density at radius 3 is 2.33 bits per heavy atom. The van der Waals surface area contributed by atoms with Gasteiger partial charge in [-0.1, -0.05) is 84.0 Å². The van der Waals surface area contributed by atoms with Crippen LogP contribution in [-0.4, -0.2) is 31.4 Å². The minimum atomic E-state index is -0.139. The van der Waals surface area contributed by atoms with Crippen LogP contribution in [0.15, 0.2) is 96.3 Å². The Hall–Kier alpha value is -3.46. The number of carbonyl (C=O) groups is 1. The number of thioether (sulfide) groups is 1. The summed E-state index contributed by atoms with van der Waals surface area (Å²) in [5, 5.41) is 13.7. The molecule has 5 aromatic rings. The topological polar surface area (TPSA) is 72.7 Å². The molecule has 9 heteroatoms. The van der Waals surface area contributed by atoms with E-state index in [9.17, 15) is 4.79 Å². The fourth-order valence-corrected chi connectivity index (χ4v) is 5.42. The quantitative estimate of drug-likeness (QED) is 0.226. The number of para-hydroxylation sites is 1. The fraction of sp³-hybridized carbons (Fsp3) is 0.111. The summed E-state index contributed by atoms with van der Waals surface area (Å²) in [5.74, 6) is 0.879. The van der Waals surface area contributed by atoms with Gasteiger partial charge in [-0.2, -0.15) is 0 Å². The number of amides is 1. The first kappa shape index (κ1) is 24.2. The zero-order valence-electron chi connectivity index (χ0n) is 19.2. The van der Waals surface area contributed by atoms with Gasteiger partial charge in [-0.15, -0.1) is 21.5 Å². The van der Waals surface area contributed by atoms with E-state index in [4.69, 9.17) is 11.6 Å². The summed E-state index contributed by atoms with van der Waals surface area (Å²) >= 11 is 8.78. The minimum absolute atomic E-state index is 0.139. The van der Waals surface area contributed by atoms with Crippen LogP contribution in [0.2, 0.25) is 5.02 Å². The third-order valence-corrected chi connectivity index (χ3v) is 7.44. The van der Waals surface area contributed by atoms with Gasteiger partial charge in [0.1, 0.15) is 5.82 Å². The first-order chi connectivity index (χ1) is 17.6. The second-order valence-corrected chi connectivity index (χ2v) is 10.5. The lowest BCUT2D eigenvalue weighted by molar-refractivity contribution is -0.113. The van der Waals surface area contributed by atoms with Crippen LogP contribution in [0.4, 0.5) is 5.13 Å². The van der Waals surface area contributed by atoms with Crippen molar-refractivity contribution in [2.24, 2.45) is 0 Å². The molecule has 0 saturated carbocycles. The standard InChI is InChI=1S/C27H22ClN5OS2/c28-21-13-11-20(12-14-21)15-23-17-29-26(36-23)30-25(34)18-35-27-32-31-24(16-19-7-3-1-4-8-19)33(27)22-9-5-2-6-10-22/h1-14,17H,15-16,18H2,(H,29,30,34). The van der Waals surface area contributed by atoms with E-state index in [2.05, 4.69) is 32.6 Å². The molecule has 1 amide bonds. The molecule has 5 rings (SSSR count). The monoisotopic (exact) mass is 531 g/mol. The maximum Gasteiger partial charge on any atom is 0.236 e. The lowest BCUT2D eigenvalue weighted by atomic mass is 10.1. The van der Waals surface area contributed by atoms with Crippen molar-refractivity contribution in [3.05, 3.63) is 118 Å². The van der Waals surface area contributed by atoms with E-state index in [0.29, 0.717) is 21.7 Å². The van der Waals surface area contributed by atoms with E-state index in [0.717, 1.165) is 33.9 Å². The number of benzene rings is 3. The molecule has 0 radical (unpaired) electrons. The Kier molecular flexibility index (Phi) is 7.76. The van der Waals surface area contributed by atoms with Crippen LogP contribution in [0, 0.1) is 0 Å². The first-order valence-corrected chi connectivity index (χ1v) is 13.5. The summed E-state index contributed by atoms with van der Waals surface area (Å²) in [7, 11) is 0. The van der Waals surface area contributed by atoms with Crippen LogP contribution in [0.3, 0.4) is 0 Å². The van der Waals surface area contributed by atoms with Gasteiger partial charge in [-0.05, 0) is 35.4 Å². The summed E-state index contributed by atoms with van der Waals surface area (Å²) in [4.78, 5) is 18.1. The van der Waals surface area contributed by atoms with E-state index in [1.54, 1.807) is 6.20 Å². The normalized spacial score (nSPS) is 10.9. The van der Waals surface area contributed by atoms with Crippen LogP contribution in [0.25, 0.3) is 5.69 Å². The molecule has 6 nitrogen and oxygen atoms in total. The van der Waals surface area contributed by atoms with Crippen molar-refractivity contribution >= 4 is 45.7 Å². The van der Waals surface area contributed by atoms with Gasteiger partial charge in [-0.25, -0.2) is 4.98 Å². The lowest BCUT2D eigenvalue weighted by Gasteiger charge is -2.10. The minimum Gasteiger partial charge on any atom is -0.301 e. The molecule has 3 aromatic carbocycles. The van der Waals surface area contributed by atoms with Gasteiger partial charge in [0.05, 0.1) is 5.75 Å². The second kappa shape index (κ2) is 11.5. The molecule has 0 aliphatic carbocycles. The fourth-order valence-electron chi connectivity index (χ4n) is 3.66. The molecule has 0 spiro atoms. The Balaban J connectivity index is 1.25. The number of carbonyl (C=O) groups excluding carboxylic acids is 1. The number of nitrogens with one attached hydrogen (secondary N) is 1. The Morgan fingerprint density at radius 2 is 1.58 bits per heavy atom. The van der Waals surface area contributed by atoms with E-state index in [1.165, 1.54) is 23.1 Å². The third-order valence-electron chi connectivity index (χ3n) is 5.34. The van der Waals surface area contributed by atoms with Crippen LogP contribution >= 0.6 is 34.7 Å². The third kappa shape index (κ3) is 6.20. The number of aromatic nitrogens is 4. The molecule has 180 valence electrons. The highest BCUT2D eigenvalue weighted by molar-refractivity contribution is 7.99. The number of hydrogen-bond acceptors (Lipinski definition) is 6. The zero-order valence-corrected chi connectivity index (χ0v) is 21.6. The van der Waals surface area contributed by atoms with Crippen molar-refractivity contribution in [3.8, 4) is 5.69 Å². The lowest BCUT2D eigenvalue weighted by Crippen LogP contribution is -2.14. The van der Waals surface area contributed by atoms with E-state index >= 15 is 0 Å². The van der Waals surface area contributed by atoms with Gasteiger partial charge in [0, 0.05) is 34.6 Å².